The van der Waals surface area contributed by atoms with Gasteiger partial charge in [0.2, 0.25) is 0 Å². The van der Waals surface area contributed by atoms with E-state index in [0.29, 0.717) is 6.61 Å². The zero-order chi connectivity index (χ0) is 20.2. The van der Waals surface area contributed by atoms with E-state index in [-0.39, 0.29) is 5.97 Å². The number of fused-ring (bicyclic) bond motifs is 1. The summed E-state index contributed by atoms with van der Waals surface area (Å²) in [6.07, 6.45) is 5.05. The molecule has 29 heavy (non-hydrogen) atoms. The van der Waals surface area contributed by atoms with Crippen LogP contribution in [0, 0.1) is 0 Å². The fraction of sp³-hybridized carbons (Fsp3) is 0.304. The van der Waals surface area contributed by atoms with Crippen LogP contribution in [0.25, 0.3) is 22.8 Å². The van der Waals surface area contributed by atoms with E-state index in [9.17, 15) is 4.79 Å². The molecule has 3 aromatic rings. The fourth-order valence-electron chi connectivity index (χ4n) is 3.60. The monoisotopic (exact) mass is 390 g/mol. The fourth-order valence-corrected chi connectivity index (χ4v) is 3.60. The molecule has 1 aliphatic heterocycles. The van der Waals surface area contributed by atoms with Crippen molar-refractivity contribution >= 4 is 28.8 Å². The zero-order valence-electron chi connectivity index (χ0n) is 16.9. The summed E-state index contributed by atoms with van der Waals surface area (Å²) in [5, 5.41) is 0. The van der Waals surface area contributed by atoms with Gasteiger partial charge in [-0.05, 0) is 55.9 Å². The maximum absolute atomic E-state index is 11.5. The Hall–Kier alpha value is -3.12. The van der Waals surface area contributed by atoms with Crippen molar-refractivity contribution < 1.29 is 9.53 Å². The molecule has 1 saturated heterocycles. The molecule has 1 fully saturated rings. The minimum Gasteiger partial charge on any atom is -0.463 e. The number of esters is 1. The van der Waals surface area contributed by atoms with E-state index in [1.165, 1.54) is 11.8 Å². The van der Waals surface area contributed by atoms with Crippen molar-refractivity contribution in [1.29, 1.82) is 0 Å². The summed E-state index contributed by atoms with van der Waals surface area (Å²) in [5.74, 6) is -0.334. The average molecular weight is 390 g/mol. The summed E-state index contributed by atoms with van der Waals surface area (Å²) in [4.78, 5) is 20.9. The molecule has 0 bridgehead atoms. The van der Waals surface area contributed by atoms with Crippen LogP contribution in [0.1, 0.15) is 12.5 Å². The summed E-state index contributed by atoms with van der Waals surface area (Å²) in [5.41, 5.74) is 5.18. The van der Waals surface area contributed by atoms with Gasteiger partial charge in [0, 0.05) is 43.6 Å². The molecule has 6 heteroatoms. The largest absolute Gasteiger partial charge is 0.463 e. The molecule has 0 radical (unpaired) electrons. The number of carbonyl (C=O) groups excluding carboxylic acids is 1. The van der Waals surface area contributed by atoms with Gasteiger partial charge in [-0.1, -0.05) is 12.1 Å². The number of nitrogens with zero attached hydrogens (tertiary/aromatic N) is 4. The van der Waals surface area contributed by atoms with Crippen molar-refractivity contribution in [1.82, 2.24) is 14.5 Å². The van der Waals surface area contributed by atoms with E-state index >= 15 is 0 Å². The minimum atomic E-state index is -0.334. The maximum Gasteiger partial charge on any atom is 0.330 e. The Morgan fingerprint density at radius 3 is 2.69 bits per heavy atom. The highest BCUT2D eigenvalue weighted by molar-refractivity contribution is 5.88. The first-order valence-corrected chi connectivity index (χ1v) is 10.00. The van der Waals surface area contributed by atoms with Crippen LogP contribution in [0.3, 0.4) is 0 Å². The van der Waals surface area contributed by atoms with E-state index in [1.807, 2.05) is 24.5 Å². The second kappa shape index (κ2) is 8.49. The number of benzene rings is 2. The molecule has 150 valence electrons. The number of rotatable bonds is 5. The van der Waals surface area contributed by atoms with Crippen LogP contribution in [-0.2, 0) is 9.53 Å². The second-order valence-corrected chi connectivity index (χ2v) is 7.26. The first-order chi connectivity index (χ1) is 14.1. The zero-order valence-corrected chi connectivity index (χ0v) is 16.9. The first kappa shape index (κ1) is 19.2. The molecule has 0 atom stereocenters. The molecule has 0 unspecified atom stereocenters. The van der Waals surface area contributed by atoms with E-state index in [4.69, 9.17) is 4.74 Å². The lowest BCUT2D eigenvalue weighted by molar-refractivity contribution is -0.137. The molecule has 0 amide bonds. The molecule has 0 aliphatic carbocycles. The van der Waals surface area contributed by atoms with Crippen molar-refractivity contribution in [3.8, 4) is 5.69 Å². The number of ether oxygens (including phenoxy) is 1. The van der Waals surface area contributed by atoms with Crippen LogP contribution < -0.4 is 4.90 Å². The Morgan fingerprint density at radius 2 is 1.90 bits per heavy atom. The summed E-state index contributed by atoms with van der Waals surface area (Å²) >= 11 is 0. The van der Waals surface area contributed by atoms with Gasteiger partial charge in [0.05, 0.1) is 17.6 Å². The molecule has 2 heterocycles. The Morgan fingerprint density at radius 1 is 1.10 bits per heavy atom. The number of likely N-dealkylation sites (N-methyl/N-ethyl adjacent to an activating group) is 1. The smallest absolute Gasteiger partial charge is 0.330 e. The lowest BCUT2D eigenvalue weighted by Gasteiger charge is -2.34. The maximum atomic E-state index is 11.5. The molecule has 0 saturated carbocycles. The van der Waals surface area contributed by atoms with Crippen LogP contribution in [0.5, 0.6) is 0 Å². The van der Waals surface area contributed by atoms with E-state index < -0.39 is 0 Å². The van der Waals surface area contributed by atoms with Crippen LogP contribution in [-0.4, -0.2) is 60.3 Å². The molecular formula is C23H26N4O2. The Labute approximate surface area is 171 Å². The average Bonchev–Trinajstić information content (AvgIpc) is 3.16. The number of hydrogen-bond acceptors (Lipinski definition) is 5. The van der Waals surface area contributed by atoms with E-state index in [0.717, 1.165) is 48.5 Å². The molecular weight excluding hydrogens is 364 g/mol. The summed E-state index contributed by atoms with van der Waals surface area (Å²) in [7, 11) is 2.17. The van der Waals surface area contributed by atoms with Gasteiger partial charge in [-0.25, -0.2) is 9.78 Å². The Bertz CT molecular complexity index is 1030. The standard InChI is InChI=1S/C23H26N4O2/c1-3-29-23(28)10-8-18-7-9-22-21(15-18)24-17-27(22)20-6-4-5-19(16-20)26-13-11-25(2)12-14-26/h4-10,15-17H,3,11-14H2,1-2H3/b10-8+. The summed E-state index contributed by atoms with van der Waals surface area (Å²) in [6, 6.07) is 14.6. The quantitative estimate of drug-likeness (QED) is 0.494. The van der Waals surface area contributed by atoms with Crippen molar-refractivity contribution in [2.45, 2.75) is 6.92 Å². The third kappa shape index (κ3) is 4.32. The van der Waals surface area contributed by atoms with Crippen LogP contribution in [0.4, 0.5) is 5.69 Å². The van der Waals surface area contributed by atoms with E-state index in [1.54, 1.807) is 13.0 Å². The number of carbonyl (C=O) groups is 1. The summed E-state index contributed by atoms with van der Waals surface area (Å²) < 4.78 is 7.03. The SMILES string of the molecule is CCOC(=O)/C=C/c1ccc2c(c1)ncn2-c1cccc(N2CCN(C)CC2)c1. The highest BCUT2D eigenvalue weighted by atomic mass is 16.5. The highest BCUT2D eigenvalue weighted by Gasteiger charge is 2.15. The van der Waals surface area contributed by atoms with Gasteiger partial charge < -0.3 is 14.5 Å². The number of hydrogen-bond donors (Lipinski definition) is 0. The third-order valence-electron chi connectivity index (χ3n) is 5.25. The topological polar surface area (TPSA) is 50.6 Å². The van der Waals surface area contributed by atoms with Gasteiger partial charge >= 0.3 is 5.97 Å². The van der Waals surface area contributed by atoms with Crippen molar-refractivity contribution in [3.05, 3.63) is 60.4 Å². The predicted molar refractivity (Wildman–Crippen MR) is 116 cm³/mol. The van der Waals surface area contributed by atoms with Gasteiger partial charge in [0.15, 0.2) is 0 Å². The molecule has 6 nitrogen and oxygen atoms in total. The van der Waals surface area contributed by atoms with Crippen LogP contribution in [0.15, 0.2) is 54.9 Å². The normalized spacial score (nSPS) is 15.3. The Balaban J connectivity index is 1.58. The molecule has 4 rings (SSSR count). The Kier molecular flexibility index (Phi) is 5.62. The lowest BCUT2D eigenvalue weighted by Crippen LogP contribution is -2.44. The molecule has 2 aromatic carbocycles. The van der Waals surface area contributed by atoms with Gasteiger partial charge in [-0.2, -0.15) is 0 Å². The number of imidazole rings is 1. The number of aromatic nitrogens is 2. The number of anilines is 1. The molecule has 1 aromatic heterocycles. The van der Waals surface area contributed by atoms with Gasteiger partial charge in [-0.15, -0.1) is 0 Å². The lowest BCUT2D eigenvalue weighted by atomic mass is 10.1. The summed E-state index contributed by atoms with van der Waals surface area (Å²) in [6.45, 7) is 6.42. The van der Waals surface area contributed by atoms with Gasteiger partial charge in [0.1, 0.15) is 6.33 Å². The van der Waals surface area contributed by atoms with Gasteiger partial charge in [0.25, 0.3) is 0 Å². The predicted octanol–water partition coefficient (Wildman–Crippen LogP) is 3.35. The highest BCUT2D eigenvalue weighted by Crippen LogP contribution is 2.24. The molecule has 0 spiro atoms. The van der Waals surface area contributed by atoms with Gasteiger partial charge in [-0.3, -0.25) is 4.57 Å². The van der Waals surface area contributed by atoms with Crippen molar-refractivity contribution in [2.75, 3.05) is 44.7 Å². The number of piperazine rings is 1. The molecule has 0 N–H and O–H groups in total. The second-order valence-electron chi connectivity index (χ2n) is 7.26. The van der Waals surface area contributed by atoms with Crippen molar-refractivity contribution in [2.24, 2.45) is 0 Å². The molecule has 1 aliphatic rings. The van der Waals surface area contributed by atoms with E-state index in [2.05, 4.69) is 50.7 Å². The van der Waals surface area contributed by atoms with Crippen molar-refractivity contribution in [3.63, 3.8) is 0 Å². The third-order valence-corrected chi connectivity index (χ3v) is 5.25. The first-order valence-electron chi connectivity index (χ1n) is 10.00. The van der Waals surface area contributed by atoms with Crippen LogP contribution >= 0.6 is 0 Å². The minimum absolute atomic E-state index is 0.334. The van der Waals surface area contributed by atoms with Crippen LogP contribution in [0.2, 0.25) is 0 Å².